The zero-order chi connectivity index (χ0) is 12.3. The molecule has 2 aromatic rings. The minimum Gasteiger partial charge on any atom is -0.308 e. The highest BCUT2D eigenvalue weighted by Crippen LogP contribution is 2.28. The van der Waals surface area contributed by atoms with E-state index in [2.05, 4.69) is 15.3 Å². The number of benzene rings is 1. The van der Waals surface area contributed by atoms with E-state index in [1.807, 2.05) is 19.2 Å². The van der Waals surface area contributed by atoms with Crippen LogP contribution in [0.4, 0.5) is 0 Å². The molecule has 0 amide bonds. The standard InChI is InChI=1S/C12H11Cl2N3/c1-15-12(11-7-16-4-5-17-11)9-3-2-8(13)6-10(9)14/h2-7,12,15H,1H3. The van der Waals surface area contributed by atoms with E-state index >= 15 is 0 Å². The van der Waals surface area contributed by atoms with Gasteiger partial charge < -0.3 is 5.32 Å². The molecular formula is C12H11Cl2N3. The predicted octanol–water partition coefficient (Wildman–Crippen LogP) is 3.09. The first-order chi connectivity index (χ1) is 8.22. The smallest absolute Gasteiger partial charge is 0.0801 e. The predicted molar refractivity (Wildman–Crippen MR) is 69.4 cm³/mol. The highest BCUT2D eigenvalue weighted by molar-refractivity contribution is 6.35. The van der Waals surface area contributed by atoms with Crippen LogP contribution in [-0.4, -0.2) is 17.0 Å². The van der Waals surface area contributed by atoms with Crippen molar-refractivity contribution >= 4 is 23.2 Å². The van der Waals surface area contributed by atoms with Gasteiger partial charge in [-0.1, -0.05) is 29.3 Å². The first-order valence-corrected chi connectivity index (χ1v) is 5.86. The molecule has 0 saturated carbocycles. The molecule has 0 bridgehead atoms. The van der Waals surface area contributed by atoms with Gasteiger partial charge in [-0.25, -0.2) is 0 Å². The van der Waals surface area contributed by atoms with Crippen LogP contribution in [-0.2, 0) is 0 Å². The fourth-order valence-corrected chi connectivity index (χ4v) is 2.18. The Bertz CT molecular complexity index is 502. The fourth-order valence-electron chi connectivity index (χ4n) is 1.66. The number of hydrogen-bond acceptors (Lipinski definition) is 3. The molecule has 88 valence electrons. The van der Waals surface area contributed by atoms with Crippen LogP contribution in [0.5, 0.6) is 0 Å². The Labute approximate surface area is 110 Å². The van der Waals surface area contributed by atoms with Crippen molar-refractivity contribution in [2.24, 2.45) is 0 Å². The SMILES string of the molecule is CNC(c1cnccn1)c1ccc(Cl)cc1Cl. The third-order valence-electron chi connectivity index (χ3n) is 2.44. The number of aromatic nitrogens is 2. The molecule has 0 aliphatic rings. The van der Waals surface area contributed by atoms with Crippen molar-refractivity contribution in [2.45, 2.75) is 6.04 Å². The number of rotatable bonds is 3. The van der Waals surface area contributed by atoms with E-state index in [1.54, 1.807) is 24.7 Å². The van der Waals surface area contributed by atoms with Crippen LogP contribution in [0, 0.1) is 0 Å². The molecular weight excluding hydrogens is 257 g/mol. The van der Waals surface area contributed by atoms with E-state index in [-0.39, 0.29) is 6.04 Å². The molecule has 1 heterocycles. The van der Waals surface area contributed by atoms with Crippen LogP contribution in [0.3, 0.4) is 0 Å². The Morgan fingerprint density at radius 2 is 2.06 bits per heavy atom. The maximum absolute atomic E-state index is 6.18. The molecule has 1 aromatic heterocycles. The molecule has 1 aromatic carbocycles. The van der Waals surface area contributed by atoms with Gasteiger partial charge in [-0.15, -0.1) is 0 Å². The van der Waals surface area contributed by atoms with Gasteiger partial charge in [0.2, 0.25) is 0 Å². The van der Waals surface area contributed by atoms with Crippen molar-refractivity contribution in [3.8, 4) is 0 Å². The Balaban J connectivity index is 2.42. The monoisotopic (exact) mass is 267 g/mol. The van der Waals surface area contributed by atoms with Crippen molar-refractivity contribution in [2.75, 3.05) is 7.05 Å². The van der Waals surface area contributed by atoms with E-state index in [0.717, 1.165) is 11.3 Å². The lowest BCUT2D eigenvalue weighted by Crippen LogP contribution is -2.19. The molecule has 1 N–H and O–H groups in total. The van der Waals surface area contributed by atoms with Crippen LogP contribution >= 0.6 is 23.2 Å². The average Bonchev–Trinajstić information content (AvgIpc) is 2.34. The lowest BCUT2D eigenvalue weighted by molar-refractivity contribution is 0.667. The molecule has 0 spiro atoms. The topological polar surface area (TPSA) is 37.8 Å². The molecule has 0 saturated heterocycles. The van der Waals surface area contributed by atoms with Gasteiger partial charge >= 0.3 is 0 Å². The summed E-state index contributed by atoms with van der Waals surface area (Å²) >= 11 is 12.1. The number of nitrogens with zero attached hydrogens (tertiary/aromatic N) is 2. The van der Waals surface area contributed by atoms with Crippen molar-refractivity contribution in [1.29, 1.82) is 0 Å². The molecule has 5 heteroatoms. The number of halogens is 2. The second-order valence-corrected chi connectivity index (χ2v) is 4.36. The van der Waals surface area contributed by atoms with Gasteiger partial charge in [-0.05, 0) is 24.7 Å². The summed E-state index contributed by atoms with van der Waals surface area (Å²) in [4.78, 5) is 8.33. The summed E-state index contributed by atoms with van der Waals surface area (Å²) in [6, 6.07) is 5.33. The van der Waals surface area contributed by atoms with Crippen LogP contribution in [0.2, 0.25) is 10.0 Å². The van der Waals surface area contributed by atoms with E-state index in [0.29, 0.717) is 10.0 Å². The Kier molecular flexibility index (Phi) is 3.94. The highest BCUT2D eigenvalue weighted by Gasteiger charge is 2.16. The van der Waals surface area contributed by atoms with Gasteiger partial charge in [0.15, 0.2) is 0 Å². The summed E-state index contributed by atoms with van der Waals surface area (Å²) in [7, 11) is 1.85. The minimum absolute atomic E-state index is 0.0894. The van der Waals surface area contributed by atoms with Crippen LogP contribution in [0.1, 0.15) is 17.3 Å². The third-order valence-corrected chi connectivity index (χ3v) is 3.00. The van der Waals surface area contributed by atoms with Crippen molar-refractivity contribution in [3.05, 3.63) is 58.1 Å². The molecule has 2 rings (SSSR count). The molecule has 0 fully saturated rings. The molecule has 0 aliphatic carbocycles. The maximum atomic E-state index is 6.18. The normalized spacial score (nSPS) is 12.4. The number of nitrogens with one attached hydrogen (secondary N) is 1. The lowest BCUT2D eigenvalue weighted by Gasteiger charge is -2.17. The number of hydrogen-bond donors (Lipinski definition) is 1. The average molecular weight is 268 g/mol. The summed E-state index contributed by atoms with van der Waals surface area (Å²) < 4.78 is 0. The summed E-state index contributed by atoms with van der Waals surface area (Å²) in [6.07, 6.45) is 5.01. The van der Waals surface area contributed by atoms with Crippen LogP contribution in [0.25, 0.3) is 0 Å². The quantitative estimate of drug-likeness (QED) is 0.929. The van der Waals surface area contributed by atoms with Crippen molar-refractivity contribution in [1.82, 2.24) is 15.3 Å². The molecule has 1 atom stereocenters. The first-order valence-electron chi connectivity index (χ1n) is 5.10. The summed E-state index contributed by atoms with van der Waals surface area (Å²) in [6.45, 7) is 0. The largest absolute Gasteiger partial charge is 0.308 e. The van der Waals surface area contributed by atoms with Gasteiger partial charge in [-0.3, -0.25) is 9.97 Å². The van der Waals surface area contributed by atoms with Gasteiger partial charge in [-0.2, -0.15) is 0 Å². The lowest BCUT2D eigenvalue weighted by atomic mass is 10.0. The van der Waals surface area contributed by atoms with Crippen molar-refractivity contribution in [3.63, 3.8) is 0 Å². The van der Waals surface area contributed by atoms with Gasteiger partial charge in [0, 0.05) is 22.4 Å². The second kappa shape index (κ2) is 5.45. The third kappa shape index (κ3) is 2.75. The second-order valence-electron chi connectivity index (χ2n) is 3.52. The van der Waals surface area contributed by atoms with Crippen LogP contribution < -0.4 is 5.32 Å². The first kappa shape index (κ1) is 12.3. The summed E-state index contributed by atoms with van der Waals surface area (Å²) in [5.74, 6) is 0. The molecule has 1 unspecified atom stereocenters. The zero-order valence-electron chi connectivity index (χ0n) is 9.19. The Morgan fingerprint density at radius 3 is 2.65 bits per heavy atom. The minimum atomic E-state index is -0.0894. The van der Waals surface area contributed by atoms with E-state index in [9.17, 15) is 0 Å². The van der Waals surface area contributed by atoms with Gasteiger partial charge in [0.05, 0.1) is 17.9 Å². The molecule has 0 aliphatic heterocycles. The maximum Gasteiger partial charge on any atom is 0.0801 e. The van der Waals surface area contributed by atoms with E-state index < -0.39 is 0 Å². The summed E-state index contributed by atoms with van der Waals surface area (Å²) in [5, 5.41) is 4.40. The van der Waals surface area contributed by atoms with Crippen LogP contribution in [0.15, 0.2) is 36.8 Å². The fraction of sp³-hybridized carbons (Fsp3) is 0.167. The molecule has 3 nitrogen and oxygen atoms in total. The van der Waals surface area contributed by atoms with E-state index in [1.165, 1.54) is 0 Å². The summed E-state index contributed by atoms with van der Waals surface area (Å²) in [5.41, 5.74) is 1.75. The van der Waals surface area contributed by atoms with Crippen molar-refractivity contribution < 1.29 is 0 Å². The zero-order valence-corrected chi connectivity index (χ0v) is 10.7. The van der Waals surface area contributed by atoms with Gasteiger partial charge in [0.25, 0.3) is 0 Å². The Hall–Kier alpha value is -1.16. The molecule has 0 radical (unpaired) electrons. The van der Waals surface area contributed by atoms with E-state index in [4.69, 9.17) is 23.2 Å². The van der Waals surface area contributed by atoms with Gasteiger partial charge in [0.1, 0.15) is 0 Å². The molecule has 17 heavy (non-hydrogen) atoms. The highest BCUT2D eigenvalue weighted by atomic mass is 35.5. The Morgan fingerprint density at radius 1 is 1.24 bits per heavy atom.